The van der Waals surface area contributed by atoms with Crippen LogP contribution in [-0.2, 0) is 0 Å². The first-order chi connectivity index (χ1) is 8.25. The molecule has 0 radical (unpaired) electrons. The van der Waals surface area contributed by atoms with Gasteiger partial charge in [-0.3, -0.25) is 0 Å². The molecule has 2 aromatic rings. The number of rotatable bonds is 1. The Labute approximate surface area is 117 Å². The third kappa shape index (κ3) is 2.06. The van der Waals surface area contributed by atoms with Crippen LogP contribution in [0.1, 0.15) is 12.8 Å². The molecule has 5 heteroatoms. The molecule has 0 spiro atoms. The molecule has 1 saturated heterocycles. The van der Waals surface area contributed by atoms with E-state index >= 15 is 0 Å². The summed E-state index contributed by atoms with van der Waals surface area (Å²) in [5.74, 6) is 1.05. The van der Waals surface area contributed by atoms with Gasteiger partial charge in [0.05, 0.1) is 5.52 Å². The molecule has 0 saturated carbocycles. The first-order valence-electron chi connectivity index (χ1n) is 5.60. The second kappa shape index (κ2) is 4.53. The van der Waals surface area contributed by atoms with Gasteiger partial charge in [-0.25, -0.2) is 9.97 Å². The minimum atomic E-state index is 0.977. The Balaban J connectivity index is 2.24. The zero-order valence-corrected chi connectivity index (χ0v) is 12.3. The number of halogens is 2. The van der Waals surface area contributed by atoms with Crippen molar-refractivity contribution in [1.82, 2.24) is 9.97 Å². The SMILES string of the molecule is Brc1cc(Br)c2ncnc(N3CCCC3)c2c1. The van der Waals surface area contributed by atoms with Crippen LogP contribution in [0, 0.1) is 0 Å². The summed E-state index contributed by atoms with van der Waals surface area (Å²) in [6, 6.07) is 4.11. The molecule has 1 aliphatic heterocycles. The molecule has 3 nitrogen and oxygen atoms in total. The summed E-state index contributed by atoms with van der Waals surface area (Å²) in [5, 5.41) is 1.11. The Morgan fingerprint density at radius 3 is 2.59 bits per heavy atom. The van der Waals surface area contributed by atoms with E-state index in [-0.39, 0.29) is 0 Å². The Morgan fingerprint density at radius 1 is 1.06 bits per heavy atom. The van der Waals surface area contributed by atoms with Gasteiger partial charge in [-0.15, -0.1) is 0 Å². The normalized spacial score (nSPS) is 15.8. The van der Waals surface area contributed by atoms with Gasteiger partial charge in [0.25, 0.3) is 0 Å². The monoisotopic (exact) mass is 355 g/mol. The highest BCUT2D eigenvalue weighted by molar-refractivity contribution is 9.11. The lowest BCUT2D eigenvalue weighted by Crippen LogP contribution is -2.19. The molecule has 88 valence electrons. The van der Waals surface area contributed by atoms with E-state index in [2.05, 4.69) is 52.8 Å². The molecule has 0 N–H and O–H groups in total. The molecule has 1 fully saturated rings. The van der Waals surface area contributed by atoms with Gasteiger partial charge in [0.1, 0.15) is 12.1 Å². The highest BCUT2D eigenvalue weighted by atomic mass is 79.9. The number of benzene rings is 1. The molecule has 0 amide bonds. The molecule has 1 aromatic carbocycles. The zero-order valence-electron chi connectivity index (χ0n) is 9.16. The molecule has 0 atom stereocenters. The van der Waals surface area contributed by atoms with Gasteiger partial charge in [-0.2, -0.15) is 0 Å². The lowest BCUT2D eigenvalue weighted by molar-refractivity contribution is 0.939. The lowest BCUT2D eigenvalue weighted by Gasteiger charge is -2.18. The summed E-state index contributed by atoms with van der Waals surface area (Å²) >= 11 is 7.07. The van der Waals surface area contributed by atoms with Crippen LogP contribution in [0.15, 0.2) is 27.4 Å². The van der Waals surface area contributed by atoms with Crippen molar-refractivity contribution in [3.05, 3.63) is 27.4 Å². The fourth-order valence-electron chi connectivity index (χ4n) is 2.26. The van der Waals surface area contributed by atoms with E-state index in [4.69, 9.17) is 0 Å². The molecule has 17 heavy (non-hydrogen) atoms. The van der Waals surface area contributed by atoms with Crippen molar-refractivity contribution in [1.29, 1.82) is 0 Å². The quantitative estimate of drug-likeness (QED) is 0.779. The van der Waals surface area contributed by atoms with Gasteiger partial charge < -0.3 is 4.90 Å². The Kier molecular flexibility index (Phi) is 3.04. The largest absolute Gasteiger partial charge is 0.356 e. The Morgan fingerprint density at radius 2 is 1.82 bits per heavy atom. The Hall–Kier alpha value is -0.680. The summed E-state index contributed by atoms with van der Waals surface area (Å²) < 4.78 is 2.05. The fraction of sp³-hybridized carbons (Fsp3) is 0.333. The molecule has 2 heterocycles. The van der Waals surface area contributed by atoms with Crippen LogP contribution in [0.3, 0.4) is 0 Å². The van der Waals surface area contributed by atoms with Crippen LogP contribution in [0.4, 0.5) is 5.82 Å². The van der Waals surface area contributed by atoms with Crippen molar-refractivity contribution < 1.29 is 0 Å². The highest BCUT2D eigenvalue weighted by Gasteiger charge is 2.17. The van der Waals surface area contributed by atoms with Crippen LogP contribution in [0.2, 0.25) is 0 Å². The molecule has 1 aliphatic rings. The van der Waals surface area contributed by atoms with Crippen LogP contribution in [0.5, 0.6) is 0 Å². The van der Waals surface area contributed by atoms with Crippen LogP contribution in [0.25, 0.3) is 10.9 Å². The van der Waals surface area contributed by atoms with Gasteiger partial charge in [-0.05, 0) is 40.9 Å². The molecular formula is C12H11Br2N3. The number of hydrogen-bond acceptors (Lipinski definition) is 3. The van der Waals surface area contributed by atoms with E-state index < -0.39 is 0 Å². The average molecular weight is 357 g/mol. The average Bonchev–Trinajstić information content (AvgIpc) is 2.81. The first kappa shape index (κ1) is 11.4. The van der Waals surface area contributed by atoms with Gasteiger partial charge >= 0.3 is 0 Å². The summed E-state index contributed by atoms with van der Waals surface area (Å²) in [6.07, 6.45) is 4.15. The number of aromatic nitrogens is 2. The Bertz CT molecular complexity index is 565. The van der Waals surface area contributed by atoms with Crippen molar-refractivity contribution in [2.45, 2.75) is 12.8 Å². The molecule has 3 rings (SSSR count). The fourth-order valence-corrected chi connectivity index (χ4v) is 3.59. The maximum atomic E-state index is 4.44. The second-order valence-corrected chi connectivity index (χ2v) is 5.95. The highest BCUT2D eigenvalue weighted by Crippen LogP contribution is 2.32. The van der Waals surface area contributed by atoms with E-state index in [1.807, 2.05) is 6.07 Å². The number of anilines is 1. The van der Waals surface area contributed by atoms with Crippen LogP contribution < -0.4 is 4.90 Å². The maximum absolute atomic E-state index is 4.44. The number of hydrogen-bond donors (Lipinski definition) is 0. The topological polar surface area (TPSA) is 29.0 Å². The van der Waals surface area contributed by atoms with E-state index in [0.29, 0.717) is 0 Å². The molecule has 0 aliphatic carbocycles. The smallest absolute Gasteiger partial charge is 0.139 e. The third-order valence-corrected chi connectivity index (χ3v) is 4.10. The summed E-state index contributed by atoms with van der Waals surface area (Å²) in [7, 11) is 0. The number of fused-ring (bicyclic) bond motifs is 1. The summed E-state index contributed by atoms with van der Waals surface area (Å²) in [6.45, 7) is 2.19. The van der Waals surface area contributed by atoms with Gasteiger partial charge in [0.15, 0.2) is 0 Å². The van der Waals surface area contributed by atoms with E-state index in [0.717, 1.165) is 38.8 Å². The van der Waals surface area contributed by atoms with Crippen LogP contribution >= 0.6 is 31.9 Å². The predicted molar refractivity (Wildman–Crippen MR) is 76.4 cm³/mol. The van der Waals surface area contributed by atoms with Crippen molar-refractivity contribution in [3.8, 4) is 0 Å². The standard InChI is InChI=1S/C12H11Br2N3/c13-8-5-9-11(10(14)6-8)15-7-16-12(9)17-3-1-2-4-17/h5-7H,1-4H2. The molecule has 1 aromatic heterocycles. The molecule has 0 bridgehead atoms. The summed E-state index contributed by atoms with van der Waals surface area (Å²) in [5.41, 5.74) is 0.977. The van der Waals surface area contributed by atoms with Gasteiger partial charge in [-0.1, -0.05) is 15.9 Å². The zero-order chi connectivity index (χ0) is 11.8. The molecule has 0 unspecified atom stereocenters. The third-order valence-electron chi connectivity index (χ3n) is 3.04. The van der Waals surface area contributed by atoms with Crippen molar-refractivity contribution in [3.63, 3.8) is 0 Å². The second-order valence-electron chi connectivity index (χ2n) is 4.18. The summed E-state index contributed by atoms with van der Waals surface area (Å²) in [4.78, 5) is 11.1. The maximum Gasteiger partial charge on any atom is 0.139 e. The first-order valence-corrected chi connectivity index (χ1v) is 7.19. The lowest BCUT2D eigenvalue weighted by atomic mass is 10.2. The van der Waals surface area contributed by atoms with Gasteiger partial charge in [0, 0.05) is 27.4 Å². The van der Waals surface area contributed by atoms with E-state index in [1.165, 1.54) is 12.8 Å². The predicted octanol–water partition coefficient (Wildman–Crippen LogP) is 3.76. The van der Waals surface area contributed by atoms with Crippen LogP contribution in [-0.4, -0.2) is 23.1 Å². The minimum Gasteiger partial charge on any atom is -0.356 e. The van der Waals surface area contributed by atoms with Crippen molar-refractivity contribution in [2.75, 3.05) is 18.0 Å². The van der Waals surface area contributed by atoms with Crippen molar-refractivity contribution >= 4 is 48.6 Å². The molecular weight excluding hydrogens is 346 g/mol. The van der Waals surface area contributed by atoms with Crippen molar-refractivity contribution in [2.24, 2.45) is 0 Å². The van der Waals surface area contributed by atoms with E-state index in [1.54, 1.807) is 6.33 Å². The van der Waals surface area contributed by atoms with E-state index in [9.17, 15) is 0 Å². The minimum absolute atomic E-state index is 0.977. The number of nitrogens with zero attached hydrogens (tertiary/aromatic N) is 3. The van der Waals surface area contributed by atoms with Gasteiger partial charge in [0.2, 0.25) is 0 Å².